The number of halogens is 1. The fraction of sp³-hybridized carbons (Fsp3) is 0.412. The summed E-state index contributed by atoms with van der Waals surface area (Å²) >= 11 is 7.97. The summed E-state index contributed by atoms with van der Waals surface area (Å²) in [6, 6.07) is 9.25. The molecule has 0 amide bonds. The lowest BCUT2D eigenvalue weighted by Gasteiger charge is -2.09. The van der Waals surface area contributed by atoms with E-state index in [4.69, 9.17) is 0 Å². The van der Waals surface area contributed by atoms with E-state index < -0.39 is 0 Å². The summed E-state index contributed by atoms with van der Waals surface area (Å²) in [6.45, 7) is 4.37. The minimum atomic E-state index is 0.449. The van der Waals surface area contributed by atoms with Crippen LogP contribution in [-0.2, 0) is 18.6 Å². The van der Waals surface area contributed by atoms with E-state index in [2.05, 4.69) is 65.8 Å². The van der Waals surface area contributed by atoms with Crippen LogP contribution in [0.25, 0.3) is 0 Å². The first-order chi connectivity index (χ1) is 9.63. The molecule has 0 N–H and O–H groups in total. The zero-order chi connectivity index (χ0) is 14.1. The molecule has 0 saturated heterocycles. The summed E-state index contributed by atoms with van der Waals surface area (Å²) in [7, 11) is 0. The Labute approximate surface area is 138 Å². The van der Waals surface area contributed by atoms with Crippen molar-refractivity contribution in [2.24, 2.45) is 0 Å². The van der Waals surface area contributed by atoms with Gasteiger partial charge in [-0.15, -0.1) is 11.3 Å². The summed E-state index contributed by atoms with van der Waals surface area (Å²) in [4.78, 5) is 3.56. The van der Waals surface area contributed by atoms with Gasteiger partial charge in [0.2, 0.25) is 0 Å². The predicted octanol–water partition coefficient (Wildman–Crippen LogP) is 5.83. The van der Waals surface area contributed by atoms with Crippen molar-refractivity contribution in [3.8, 4) is 0 Å². The molecule has 0 aliphatic carbocycles. The highest BCUT2D eigenvalue weighted by Gasteiger charge is 2.18. The van der Waals surface area contributed by atoms with Gasteiger partial charge in [0, 0.05) is 15.5 Å². The molecule has 1 atom stereocenters. The Balaban J connectivity index is 1.76. The Hall–Kier alpha value is -0.250. The molecule has 1 aromatic carbocycles. The number of thiophene rings is 1. The minimum absolute atomic E-state index is 0.449. The Bertz CT molecular complexity index is 592. The Morgan fingerprint density at radius 1 is 1.20 bits per heavy atom. The van der Waals surface area contributed by atoms with Gasteiger partial charge >= 0.3 is 0 Å². The topological polar surface area (TPSA) is 0 Å². The first kappa shape index (κ1) is 14.7. The van der Waals surface area contributed by atoms with Crippen LogP contribution >= 0.6 is 39.0 Å². The zero-order valence-corrected chi connectivity index (χ0v) is 15.1. The van der Waals surface area contributed by atoms with Crippen molar-refractivity contribution in [1.29, 1.82) is 0 Å². The fourth-order valence-corrected chi connectivity index (χ4v) is 5.70. The molecule has 2 aromatic rings. The molecule has 0 radical (unpaired) electrons. The van der Waals surface area contributed by atoms with E-state index in [1.54, 1.807) is 10.4 Å². The normalized spacial score (nSPS) is 15.9. The monoisotopic (exact) mass is 366 g/mol. The maximum Gasteiger partial charge on any atom is 0.0529 e. The first-order valence-corrected chi connectivity index (χ1v) is 9.91. The maximum atomic E-state index is 3.90. The molecule has 3 heteroatoms. The lowest BCUT2D eigenvalue weighted by molar-refractivity contribution is 0.964. The van der Waals surface area contributed by atoms with Crippen LogP contribution in [0.4, 0.5) is 0 Å². The third kappa shape index (κ3) is 3.15. The van der Waals surface area contributed by atoms with E-state index in [0.717, 1.165) is 6.42 Å². The van der Waals surface area contributed by atoms with Gasteiger partial charge in [-0.25, -0.2) is 0 Å². The highest BCUT2D eigenvalue weighted by Crippen LogP contribution is 2.38. The summed E-state index contributed by atoms with van der Waals surface area (Å²) in [5, 5.41) is 0. The molecule has 0 bridgehead atoms. The number of thioether (sulfide) groups is 1. The fourth-order valence-electron chi connectivity index (χ4n) is 2.56. The van der Waals surface area contributed by atoms with Gasteiger partial charge in [0.15, 0.2) is 0 Å². The highest BCUT2D eigenvalue weighted by molar-refractivity contribution is 9.09. The highest BCUT2D eigenvalue weighted by atomic mass is 79.9. The van der Waals surface area contributed by atoms with Crippen molar-refractivity contribution >= 4 is 39.0 Å². The van der Waals surface area contributed by atoms with E-state index in [9.17, 15) is 0 Å². The predicted molar refractivity (Wildman–Crippen MR) is 95.5 cm³/mol. The molecule has 1 aliphatic heterocycles. The Morgan fingerprint density at radius 3 is 2.80 bits per heavy atom. The molecule has 3 rings (SSSR count). The summed E-state index contributed by atoms with van der Waals surface area (Å²) in [6.07, 6.45) is 2.34. The van der Waals surface area contributed by atoms with Crippen molar-refractivity contribution in [3.63, 3.8) is 0 Å². The van der Waals surface area contributed by atoms with Crippen LogP contribution in [0.15, 0.2) is 24.3 Å². The van der Waals surface area contributed by atoms with E-state index in [-0.39, 0.29) is 0 Å². The number of hydrogen-bond donors (Lipinski definition) is 0. The van der Waals surface area contributed by atoms with Crippen LogP contribution in [0.3, 0.4) is 0 Å². The average molecular weight is 367 g/mol. The van der Waals surface area contributed by atoms with Crippen molar-refractivity contribution in [3.05, 3.63) is 56.3 Å². The second-order valence-electron chi connectivity index (χ2n) is 5.49. The SMILES string of the molecule is Cc1ccc(CC(Br)c2cc3c(s2)CCSC3)cc1C. The van der Waals surface area contributed by atoms with Crippen molar-refractivity contribution < 1.29 is 0 Å². The van der Waals surface area contributed by atoms with Gasteiger partial charge in [-0.3, -0.25) is 0 Å². The lowest BCUT2D eigenvalue weighted by atomic mass is 10.0. The molecular weight excluding hydrogens is 348 g/mol. The molecule has 1 aliphatic rings. The second-order valence-corrected chi connectivity index (χ2v) is 8.87. The molecule has 1 aromatic heterocycles. The van der Waals surface area contributed by atoms with E-state index >= 15 is 0 Å². The van der Waals surface area contributed by atoms with Crippen LogP contribution in [0.5, 0.6) is 0 Å². The van der Waals surface area contributed by atoms with Gasteiger partial charge in [-0.2, -0.15) is 11.8 Å². The molecule has 0 saturated carbocycles. The third-order valence-corrected chi connectivity index (χ3v) is 7.42. The van der Waals surface area contributed by atoms with Crippen LogP contribution in [0.1, 0.15) is 36.8 Å². The molecule has 20 heavy (non-hydrogen) atoms. The quantitative estimate of drug-likeness (QED) is 0.615. The Morgan fingerprint density at radius 2 is 2.05 bits per heavy atom. The first-order valence-electron chi connectivity index (χ1n) is 7.03. The van der Waals surface area contributed by atoms with Gasteiger partial charge in [-0.05, 0) is 60.8 Å². The van der Waals surface area contributed by atoms with Crippen molar-refractivity contribution in [2.75, 3.05) is 5.75 Å². The molecule has 106 valence electrons. The molecular formula is C17H19BrS2. The molecule has 0 fully saturated rings. The van der Waals surface area contributed by atoms with Gasteiger partial charge < -0.3 is 0 Å². The van der Waals surface area contributed by atoms with Gasteiger partial charge in [0.05, 0.1) is 4.83 Å². The average Bonchev–Trinajstić information content (AvgIpc) is 2.87. The molecule has 1 unspecified atom stereocenters. The van der Waals surface area contributed by atoms with Gasteiger partial charge in [0.25, 0.3) is 0 Å². The smallest absolute Gasteiger partial charge is 0.0529 e. The molecule has 0 spiro atoms. The van der Waals surface area contributed by atoms with Crippen LogP contribution in [-0.4, -0.2) is 5.75 Å². The number of fused-ring (bicyclic) bond motifs is 1. The van der Waals surface area contributed by atoms with Crippen molar-refractivity contribution in [2.45, 2.75) is 37.3 Å². The van der Waals surface area contributed by atoms with Crippen LogP contribution in [0, 0.1) is 13.8 Å². The summed E-state index contributed by atoms with van der Waals surface area (Å²) in [5.41, 5.74) is 5.77. The van der Waals surface area contributed by atoms with E-state index in [1.807, 2.05) is 11.3 Å². The zero-order valence-electron chi connectivity index (χ0n) is 11.9. The van der Waals surface area contributed by atoms with E-state index in [1.165, 1.54) is 39.5 Å². The number of rotatable bonds is 3. The molecule has 0 nitrogen and oxygen atoms in total. The van der Waals surface area contributed by atoms with Gasteiger partial charge in [-0.1, -0.05) is 34.1 Å². The summed E-state index contributed by atoms with van der Waals surface area (Å²) in [5.74, 6) is 2.49. The summed E-state index contributed by atoms with van der Waals surface area (Å²) < 4.78 is 0. The van der Waals surface area contributed by atoms with Crippen LogP contribution < -0.4 is 0 Å². The number of alkyl halides is 1. The number of hydrogen-bond acceptors (Lipinski definition) is 2. The van der Waals surface area contributed by atoms with E-state index in [0.29, 0.717) is 4.83 Å². The molecule has 2 heterocycles. The third-order valence-electron chi connectivity index (χ3n) is 3.94. The van der Waals surface area contributed by atoms with Crippen molar-refractivity contribution in [1.82, 2.24) is 0 Å². The maximum absolute atomic E-state index is 3.90. The standard InChI is InChI=1S/C17H19BrS2/c1-11-3-4-13(7-12(11)2)8-15(18)17-9-14-10-19-6-5-16(14)20-17/h3-4,7,9,15H,5-6,8,10H2,1-2H3. The minimum Gasteiger partial charge on any atom is -0.157 e. The largest absolute Gasteiger partial charge is 0.157 e. The lowest BCUT2D eigenvalue weighted by Crippen LogP contribution is -1.96. The number of benzene rings is 1. The van der Waals surface area contributed by atoms with Crippen LogP contribution in [0.2, 0.25) is 0 Å². The Kier molecular flexibility index (Phi) is 4.58. The second kappa shape index (κ2) is 6.25. The number of aryl methyl sites for hydroxylation is 3. The van der Waals surface area contributed by atoms with Gasteiger partial charge in [0.1, 0.15) is 0 Å².